The van der Waals surface area contributed by atoms with Crippen LogP contribution in [0.4, 0.5) is 0 Å². The predicted octanol–water partition coefficient (Wildman–Crippen LogP) is 2.11. The summed E-state index contributed by atoms with van der Waals surface area (Å²) >= 11 is 0. The number of rotatable bonds is 1. The first kappa shape index (κ1) is 9.47. The maximum atomic E-state index is 9.84. The van der Waals surface area contributed by atoms with E-state index in [1.54, 1.807) is 0 Å². The Morgan fingerprint density at radius 3 is 2.46 bits per heavy atom. The Hall–Kier alpha value is -0.0800. The zero-order valence-electron chi connectivity index (χ0n) is 8.46. The Morgan fingerprint density at radius 2 is 2.00 bits per heavy atom. The van der Waals surface area contributed by atoms with Gasteiger partial charge in [-0.3, -0.25) is 0 Å². The lowest BCUT2D eigenvalue weighted by Crippen LogP contribution is -2.42. The van der Waals surface area contributed by atoms with Gasteiger partial charge < -0.3 is 9.84 Å². The SMILES string of the molecule is CCC1CCC2(CC1)OCCC2O. The van der Waals surface area contributed by atoms with Gasteiger partial charge in [-0.25, -0.2) is 0 Å². The predicted molar refractivity (Wildman–Crippen MR) is 51.6 cm³/mol. The van der Waals surface area contributed by atoms with Crippen LogP contribution in [-0.4, -0.2) is 23.4 Å². The van der Waals surface area contributed by atoms with Gasteiger partial charge in [0, 0.05) is 0 Å². The molecule has 1 unspecified atom stereocenters. The lowest BCUT2D eigenvalue weighted by atomic mass is 9.75. The molecule has 76 valence electrons. The van der Waals surface area contributed by atoms with Crippen molar-refractivity contribution in [3.63, 3.8) is 0 Å². The molecule has 0 bridgehead atoms. The molecular formula is C11H20O2. The van der Waals surface area contributed by atoms with Gasteiger partial charge in [-0.15, -0.1) is 0 Å². The molecule has 2 heteroatoms. The molecule has 0 aromatic heterocycles. The molecule has 1 N–H and O–H groups in total. The number of ether oxygens (including phenoxy) is 1. The van der Waals surface area contributed by atoms with Crippen LogP contribution in [0.2, 0.25) is 0 Å². The van der Waals surface area contributed by atoms with Gasteiger partial charge in [-0.1, -0.05) is 13.3 Å². The molecule has 2 rings (SSSR count). The highest BCUT2D eigenvalue weighted by Gasteiger charge is 2.45. The summed E-state index contributed by atoms with van der Waals surface area (Å²) in [6.45, 7) is 3.02. The second-order valence-electron chi connectivity index (χ2n) is 4.57. The topological polar surface area (TPSA) is 29.5 Å². The largest absolute Gasteiger partial charge is 0.390 e. The van der Waals surface area contributed by atoms with E-state index in [0.29, 0.717) is 0 Å². The van der Waals surface area contributed by atoms with E-state index in [9.17, 15) is 5.11 Å². The molecule has 1 atom stereocenters. The van der Waals surface area contributed by atoms with Crippen LogP contribution in [0.1, 0.15) is 45.4 Å². The van der Waals surface area contributed by atoms with Gasteiger partial charge in [0.1, 0.15) is 0 Å². The van der Waals surface area contributed by atoms with E-state index in [1.165, 1.54) is 19.3 Å². The van der Waals surface area contributed by atoms with Crippen molar-refractivity contribution in [3.8, 4) is 0 Å². The van der Waals surface area contributed by atoms with Gasteiger partial charge in [-0.2, -0.15) is 0 Å². The molecule has 1 aliphatic heterocycles. The molecule has 0 amide bonds. The van der Waals surface area contributed by atoms with Crippen LogP contribution in [-0.2, 0) is 4.74 Å². The van der Waals surface area contributed by atoms with E-state index >= 15 is 0 Å². The fraction of sp³-hybridized carbons (Fsp3) is 1.00. The number of aliphatic hydroxyl groups is 1. The van der Waals surface area contributed by atoms with Crippen molar-refractivity contribution < 1.29 is 9.84 Å². The van der Waals surface area contributed by atoms with Crippen molar-refractivity contribution in [3.05, 3.63) is 0 Å². The molecule has 0 aromatic rings. The minimum atomic E-state index is -0.190. The molecule has 1 heterocycles. The minimum absolute atomic E-state index is 0.133. The molecule has 1 aliphatic carbocycles. The van der Waals surface area contributed by atoms with Gasteiger partial charge in [0.2, 0.25) is 0 Å². The molecule has 2 aliphatic rings. The van der Waals surface area contributed by atoms with Crippen LogP contribution >= 0.6 is 0 Å². The Labute approximate surface area is 80.3 Å². The van der Waals surface area contributed by atoms with Gasteiger partial charge >= 0.3 is 0 Å². The fourth-order valence-electron chi connectivity index (χ4n) is 2.79. The Bertz CT molecular complexity index is 171. The highest BCUT2D eigenvalue weighted by Crippen LogP contribution is 2.42. The summed E-state index contributed by atoms with van der Waals surface area (Å²) in [5.41, 5.74) is -0.133. The summed E-state index contributed by atoms with van der Waals surface area (Å²) in [5, 5.41) is 9.84. The summed E-state index contributed by atoms with van der Waals surface area (Å²) in [7, 11) is 0. The third-order valence-corrected chi connectivity index (χ3v) is 3.92. The lowest BCUT2D eigenvalue weighted by molar-refractivity contribution is -0.0887. The Kier molecular flexibility index (Phi) is 2.61. The molecule has 1 saturated carbocycles. The number of aliphatic hydroxyl groups excluding tert-OH is 1. The second kappa shape index (κ2) is 3.58. The average Bonchev–Trinajstić information content (AvgIpc) is 2.50. The summed E-state index contributed by atoms with van der Waals surface area (Å²) in [5.74, 6) is 0.877. The molecule has 1 spiro atoms. The van der Waals surface area contributed by atoms with E-state index in [4.69, 9.17) is 4.74 Å². The van der Waals surface area contributed by atoms with E-state index in [1.807, 2.05) is 0 Å². The van der Waals surface area contributed by atoms with Crippen molar-refractivity contribution >= 4 is 0 Å². The Morgan fingerprint density at radius 1 is 1.31 bits per heavy atom. The van der Waals surface area contributed by atoms with Crippen LogP contribution in [0.5, 0.6) is 0 Å². The first-order chi connectivity index (χ1) is 6.27. The van der Waals surface area contributed by atoms with Gasteiger partial charge in [0.15, 0.2) is 0 Å². The van der Waals surface area contributed by atoms with Crippen LogP contribution in [0.25, 0.3) is 0 Å². The van der Waals surface area contributed by atoms with E-state index < -0.39 is 0 Å². The molecule has 0 radical (unpaired) electrons. The smallest absolute Gasteiger partial charge is 0.0941 e. The second-order valence-corrected chi connectivity index (χ2v) is 4.57. The van der Waals surface area contributed by atoms with Crippen molar-refractivity contribution in [2.45, 2.75) is 57.2 Å². The molecule has 0 aromatic carbocycles. The third-order valence-electron chi connectivity index (χ3n) is 3.92. The quantitative estimate of drug-likeness (QED) is 0.676. The van der Waals surface area contributed by atoms with E-state index in [2.05, 4.69) is 6.92 Å². The molecular weight excluding hydrogens is 164 g/mol. The van der Waals surface area contributed by atoms with Gasteiger partial charge in [0.05, 0.1) is 18.3 Å². The van der Waals surface area contributed by atoms with Crippen LogP contribution in [0, 0.1) is 5.92 Å². The van der Waals surface area contributed by atoms with Crippen molar-refractivity contribution in [1.82, 2.24) is 0 Å². The van der Waals surface area contributed by atoms with Gasteiger partial charge in [-0.05, 0) is 38.0 Å². The van der Waals surface area contributed by atoms with Crippen LogP contribution in [0.3, 0.4) is 0 Å². The minimum Gasteiger partial charge on any atom is -0.390 e. The van der Waals surface area contributed by atoms with Crippen LogP contribution in [0.15, 0.2) is 0 Å². The summed E-state index contributed by atoms with van der Waals surface area (Å²) in [4.78, 5) is 0. The first-order valence-corrected chi connectivity index (χ1v) is 5.59. The standard InChI is InChI=1S/C11H20O2/c1-2-9-3-6-11(7-4-9)10(12)5-8-13-11/h9-10,12H,2-8H2,1H3. The highest BCUT2D eigenvalue weighted by atomic mass is 16.5. The summed E-state index contributed by atoms with van der Waals surface area (Å²) in [6.07, 6.45) is 6.58. The summed E-state index contributed by atoms with van der Waals surface area (Å²) < 4.78 is 5.74. The highest BCUT2D eigenvalue weighted by molar-refractivity contribution is 4.96. The third kappa shape index (κ3) is 1.62. The average molecular weight is 184 g/mol. The molecule has 2 nitrogen and oxygen atoms in total. The first-order valence-electron chi connectivity index (χ1n) is 5.59. The maximum absolute atomic E-state index is 9.84. The maximum Gasteiger partial charge on any atom is 0.0941 e. The van der Waals surface area contributed by atoms with E-state index in [0.717, 1.165) is 31.8 Å². The van der Waals surface area contributed by atoms with Crippen LogP contribution < -0.4 is 0 Å². The van der Waals surface area contributed by atoms with Gasteiger partial charge in [0.25, 0.3) is 0 Å². The van der Waals surface area contributed by atoms with Crippen molar-refractivity contribution in [1.29, 1.82) is 0 Å². The number of hydrogen-bond acceptors (Lipinski definition) is 2. The molecule has 1 saturated heterocycles. The fourth-order valence-corrected chi connectivity index (χ4v) is 2.79. The zero-order chi connectivity index (χ0) is 9.31. The number of hydrogen-bond donors (Lipinski definition) is 1. The normalized spacial score (nSPS) is 45.7. The monoisotopic (exact) mass is 184 g/mol. The lowest BCUT2D eigenvalue weighted by Gasteiger charge is -2.38. The van der Waals surface area contributed by atoms with Crippen molar-refractivity contribution in [2.75, 3.05) is 6.61 Å². The summed E-state index contributed by atoms with van der Waals surface area (Å²) in [6, 6.07) is 0. The van der Waals surface area contributed by atoms with E-state index in [-0.39, 0.29) is 11.7 Å². The van der Waals surface area contributed by atoms with Crippen molar-refractivity contribution in [2.24, 2.45) is 5.92 Å². The molecule has 2 fully saturated rings. The molecule has 13 heavy (non-hydrogen) atoms. The zero-order valence-corrected chi connectivity index (χ0v) is 8.46. The Balaban J connectivity index is 1.95.